The van der Waals surface area contributed by atoms with Crippen molar-refractivity contribution in [3.63, 3.8) is 0 Å². The van der Waals surface area contributed by atoms with Crippen LogP contribution in [0, 0.1) is 17.5 Å². The molecular formula is C22H12F6N5O+. The van der Waals surface area contributed by atoms with Gasteiger partial charge in [-0.15, -0.1) is 0 Å². The second-order valence-electron chi connectivity index (χ2n) is 7.33. The molecule has 0 saturated carbocycles. The first-order valence-corrected chi connectivity index (χ1v) is 9.71. The predicted molar refractivity (Wildman–Crippen MR) is 105 cm³/mol. The number of aromatic amines is 1. The number of fused-ring (bicyclic) bond motifs is 1. The Bertz CT molecular complexity index is 1520. The zero-order valence-corrected chi connectivity index (χ0v) is 16.9. The van der Waals surface area contributed by atoms with Crippen molar-refractivity contribution in [2.45, 2.75) is 12.7 Å². The monoisotopic (exact) mass is 476 g/mol. The molecule has 0 unspecified atom stereocenters. The molecule has 0 amide bonds. The number of imidazole rings is 1. The molecule has 0 aliphatic heterocycles. The summed E-state index contributed by atoms with van der Waals surface area (Å²) in [6.07, 6.45) is -1.83. The summed E-state index contributed by atoms with van der Waals surface area (Å²) in [5.74, 6) is -3.03. The van der Waals surface area contributed by atoms with Crippen molar-refractivity contribution in [1.29, 1.82) is 0 Å². The van der Waals surface area contributed by atoms with Gasteiger partial charge in [0, 0.05) is 11.6 Å². The molecule has 1 N–H and O–H groups in total. The van der Waals surface area contributed by atoms with Gasteiger partial charge in [0.15, 0.2) is 11.6 Å². The Morgan fingerprint density at radius 1 is 1.00 bits per heavy atom. The van der Waals surface area contributed by atoms with Crippen LogP contribution in [-0.4, -0.2) is 20.2 Å². The Hall–Kier alpha value is -4.22. The summed E-state index contributed by atoms with van der Waals surface area (Å²) >= 11 is 0. The van der Waals surface area contributed by atoms with Gasteiger partial charge in [0.2, 0.25) is 18.5 Å². The number of H-pyrrole nitrogens is 1. The van der Waals surface area contributed by atoms with Crippen LogP contribution >= 0.6 is 0 Å². The lowest BCUT2D eigenvalue weighted by atomic mass is 10.1. The van der Waals surface area contributed by atoms with Crippen molar-refractivity contribution in [3.8, 4) is 22.6 Å². The molecule has 12 heteroatoms. The van der Waals surface area contributed by atoms with Crippen LogP contribution in [0.4, 0.5) is 26.3 Å². The van der Waals surface area contributed by atoms with Gasteiger partial charge in [-0.05, 0) is 29.4 Å². The van der Waals surface area contributed by atoms with E-state index in [1.54, 1.807) is 6.20 Å². The molecule has 34 heavy (non-hydrogen) atoms. The zero-order valence-electron chi connectivity index (χ0n) is 16.9. The number of benzene rings is 2. The van der Waals surface area contributed by atoms with E-state index in [-0.39, 0.29) is 29.2 Å². The Morgan fingerprint density at radius 3 is 2.59 bits per heavy atom. The lowest BCUT2D eigenvalue weighted by molar-refractivity contribution is -0.746. The third-order valence-corrected chi connectivity index (χ3v) is 5.02. The van der Waals surface area contributed by atoms with Crippen LogP contribution in [0.5, 0.6) is 0 Å². The summed E-state index contributed by atoms with van der Waals surface area (Å²) in [6.45, 7) is 0.0781. The fourth-order valence-corrected chi connectivity index (χ4v) is 3.40. The van der Waals surface area contributed by atoms with Gasteiger partial charge < -0.3 is 9.51 Å². The van der Waals surface area contributed by atoms with E-state index in [1.807, 2.05) is 0 Å². The van der Waals surface area contributed by atoms with Gasteiger partial charge in [-0.1, -0.05) is 22.0 Å². The molecule has 0 fully saturated rings. The topological polar surface area (TPSA) is 71.5 Å². The van der Waals surface area contributed by atoms with Gasteiger partial charge in [0.1, 0.15) is 34.6 Å². The Labute approximate surface area is 186 Å². The molecule has 0 aliphatic rings. The van der Waals surface area contributed by atoms with Crippen molar-refractivity contribution in [2.75, 3.05) is 0 Å². The van der Waals surface area contributed by atoms with E-state index in [1.165, 1.54) is 29.1 Å². The van der Waals surface area contributed by atoms with E-state index in [2.05, 4.69) is 20.2 Å². The smallest absolute Gasteiger partial charge is 0.354 e. The average Bonchev–Trinajstić information content (AvgIpc) is 3.41. The second kappa shape index (κ2) is 7.97. The van der Waals surface area contributed by atoms with E-state index in [0.717, 1.165) is 18.2 Å². The predicted octanol–water partition coefficient (Wildman–Crippen LogP) is 5.05. The summed E-state index contributed by atoms with van der Waals surface area (Å²) < 4.78 is 86.4. The molecular weight excluding hydrogens is 464 g/mol. The molecule has 0 saturated heterocycles. The fourth-order valence-electron chi connectivity index (χ4n) is 3.40. The molecule has 0 spiro atoms. The van der Waals surface area contributed by atoms with Gasteiger partial charge in [-0.2, -0.15) is 13.2 Å². The van der Waals surface area contributed by atoms with Crippen molar-refractivity contribution < 1.29 is 35.5 Å². The van der Waals surface area contributed by atoms with E-state index < -0.39 is 29.2 Å². The highest BCUT2D eigenvalue weighted by Gasteiger charge is 2.34. The van der Waals surface area contributed by atoms with Crippen molar-refractivity contribution >= 4 is 11.0 Å². The van der Waals surface area contributed by atoms with Crippen LogP contribution < -0.4 is 4.68 Å². The fraction of sp³-hybridized carbons (Fsp3) is 0.0909. The Balaban J connectivity index is 1.39. The minimum atomic E-state index is -4.80. The summed E-state index contributed by atoms with van der Waals surface area (Å²) in [5, 5.41) is 7.96. The van der Waals surface area contributed by atoms with Crippen LogP contribution in [0.3, 0.4) is 0 Å². The number of halogens is 6. The minimum absolute atomic E-state index is 0.0357. The maximum Gasteiger partial charge on any atom is 0.419 e. The number of nitrogens with one attached hydrogen (secondary N) is 1. The third-order valence-electron chi connectivity index (χ3n) is 5.02. The molecule has 5 aromatic rings. The van der Waals surface area contributed by atoms with E-state index in [9.17, 15) is 26.3 Å². The van der Waals surface area contributed by atoms with Gasteiger partial charge in [-0.25, -0.2) is 18.2 Å². The number of aromatic nitrogens is 5. The number of alkyl halides is 3. The first-order chi connectivity index (χ1) is 16.2. The van der Waals surface area contributed by atoms with E-state index in [0.29, 0.717) is 22.9 Å². The van der Waals surface area contributed by atoms with Crippen LogP contribution in [0.2, 0.25) is 0 Å². The number of hydrogen-bond acceptors (Lipinski definition) is 4. The lowest BCUT2D eigenvalue weighted by Crippen LogP contribution is -2.37. The molecule has 172 valence electrons. The second-order valence-corrected chi connectivity index (χ2v) is 7.33. The molecule has 0 atom stereocenters. The zero-order chi connectivity index (χ0) is 24.0. The van der Waals surface area contributed by atoms with Gasteiger partial charge in [0.05, 0.1) is 11.1 Å². The standard InChI is InChI=1S/C22H11F6N5O/c23-15-3-1-2-13(20(15)25)21-30-18-8-29-33(10-19(18)31-21)9-12-7-17(32-34-12)11-4-5-14(16(24)6-11)22(26,27)28/h1-8,10H,9H2/p+1. The molecule has 0 bridgehead atoms. The van der Waals surface area contributed by atoms with Crippen LogP contribution in [0.15, 0.2) is 59.4 Å². The minimum Gasteiger partial charge on any atom is -0.354 e. The molecule has 3 heterocycles. The maximum atomic E-state index is 14.1. The maximum absolute atomic E-state index is 14.1. The largest absolute Gasteiger partial charge is 0.419 e. The average molecular weight is 476 g/mol. The summed E-state index contributed by atoms with van der Waals surface area (Å²) in [6, 6.07) is 7.67. The number of rotatable bonds is 4. The molecule has 3 aromatic heterocycles. The Morgan fingerprint density at radius 2 is 1.82 bits per heavy atom. The highest BCUT2D eigenvalue weighted by atomic mass is 19.4. The van der Waals surface area contributed by atoms with Gasteiger partial charge in [-0.3, -0.25) is 0 Å². The molecule has 5 rings (SSSR count). The summed E-state index contributed by atoms with van der Waals surface area (Å²) in [4.78, 5) is 7.12. The van der Waals surface area contributed by atoms with Crippen LogP contribution in [-0.2, 0) is 12.7 Å². The molecule has 6 nitrogen and oxygen atoms in total. The first kappa shape index (κ1) is 21.6. The SMILES string of the molecule is Fc1cc(-c2cc(C[n+]3cc4[nH]c(-c5cccc(F)c5F)nc4cn3)on2)ccc1C(F)(F)F. The van der Waals surface area contributed by atoms with Crippen molar-refractivity contribution in [1.82, 2.24) is 20.2 Å². The van der Waals surface area contributed by atoms with Crippen molar-refractivity contribution in [2.24, 2.45) is 0 Å². The normalized spacial score (nSPS) is 11.9. The van der Waals surface area contributed by atoms with Gasteiger partial charge in [0.25, 0.3) is 0 Å². The first-order valence-electron chi connectivity index (χ1n) is 9.71. The van der Waals surface area contributed by atoms with Crippen molar-refractivity contribution in [3.05, 3.63) is 83.6 Å². The lowest BCUT2D eigenvalue weighted by Gasteiger charge is -2.08. The van der Waals surface area contributed by atoms with E-state index in [4.69, 9.17) is 4.52 Å². The highest BCUT2D eigenvalue weighted by Crippen LogP contribution is 2.33. The highest BCUT2D eigenvalue weighted by molar-refractivity contribution is 5.77. The molecule has 0 radical (unpaired) electrons. The summed E-state index contributed by atoms with van der Waals surface area (Å²) in [7, 11) is 0. The van der Waals surface area contributed by atoms with Crippen LogP contribution in [0.25, 0.3) is 33.7 Å². The summed E-state index contributed by atoms with van der Waals surface area (Å²) in [5.41, 5.74) is -0.248. The quantitative estimate of drug-likeness (QED) is 0.291. The Kier molecular flexibility index (Phi) is 5.07. The van der Waals surface area contributed by atoms with Crippen LogP contribution in [0.1, 0.15) is 11.3 Å². The molecule has 0 aliphatic carbocycles. The third kappa shape index (κ3) is 3.98. The van der Waals surface area contributed by atoms with Gasteiger partial charge >= 0.3 is 6.18 Å². The number of nitrogens with zero attached hydrogens (tertiary/aromatic N) is 4. The number of hydrogen-bond donors (Lipinski definition) is 1. The molecule has 2 aromatic carbocycles. The van der Waals surface area contributed by atoms with E-state index >= 15 is 0 Å².